The topological polar surface area (TPSA) is 76.0 Å². The summed E-state index contributed by atoms with van der Waals surface area (Å²) in [6.07, 6.45) is -4.10. The zero-order chi connectivity index (χ0) is 26.5. The van der Waals surface area contributed by atoms with Crippen LogP contribution in [0.5, 0.6) is 0 Å². The van der Waals surface area contributed by atoms with E-state index in [4.69, 9.17) is 39.5 Å². The van der Waals surface area contributed by atoms with Crippen molar-refractivity contribution in [2.45, 2.75) is 31.2 Å². The number of hydrogen-bond acceptors (Lipinski definition) is 5. The summed E-state index contributed by atoms with van der Waals surface area (Å²) in [6, 6.07) is 7.36. The molecule has 1 unspecified atom stereocenters. The zero-order valence-corrected chi connectivity index (χ0v) is 21.9. The summed E-state index contributed by atoms with van der Waals surface area (Å²) in [5, 5.41) is -0.171. The first-order valence-corrected chi connectivity index (χ1v) is 13.8. The number of nitrogens with zero attached hydrogens (tertiary/aromatic N) is 2. The summed E-state index contributed by atoms with van der Waals surface area (Å²) in [7, 11) is -3.51. The minimum atomic E-state index is -4.64. The second-order valence-electron chi connectivity index (χ2n) is 8.90. The number of aliphatic imine (C=N–C) groups is 1. The van der Waals surface area contributed by atoms with Crippen LogP contribution in [0.3, 0.4) is 0 Å². The molecule has 2 heterocycles. The highest BCUT2D eigenvalue weighted by atomic mass is 35.5. The number of sulfone groups is 1. The first-order chi connectivity index (χ1) is 16.7. The molecule has 1 atom stereocenters. The maximum atomic E-state index is 14.4. The standard InChI is InChI=1S/C23H20Cl3F3N2O4S/c1-36(33,34)10-20(32)31-8-14-3-2-13(4-15(14)9-35-12-31)19-7-22(11-30-19,23(27,28)29)16-5-17(24)21(26)18(25)6-16/h2-6H,7-12H2,1H3. The van der Waals surface area contributed by atoms with Gasteiger partial charge in [-0.25, -0.2) is 8.42 Å². The molecule has 2 aliphatic heterocycles. The average Bonchev–Trinajstić information content (AvgIpc) is 3.12. The molecule has 36 heavy (non-hydrogen) atoms. The van der Waals surface area contributed by atoms with Crippen molar-refractivity contribution in [2.75, 3.05) is 25.3 Å². The van der Waals surface area contributed by atoms with Crippen LogP contribution in [0.25, 0.3) is 0 Å². The van der Waals surface area contributed by atoms with Crippen LogP contribution in [0.2, 0.25) is 15.1 Å². The molecule has 0 spiro atoms. The SMILES string of the molecule is CS(=O)(=O)CC(=O)N1COCc2cc(C3=NCC(c4cc(Cl)c(Cl)c(Cl)c4)(C(F)(F)F)C3)ccc2C1. The van der Waals surface area contributed by atoms with Crippen molar-refractivity contribution in [1.82, 2.24) is 4.90 Å². The Morgan fingerprint density at radius 1 is 1.14 bits per heavy atom. The van der Waals surface area contributed by atoms with E-state index in [-0.39, 0.29) is 46.2 Å². The van der Waals surface area contributed by atoms with Crippen LogP contribution in [0.1, 0.15) is 28.7 Å². The molecule has 2 aromatic rings. The number of halogens is 6. The fraction of sp³-hybridized carbons (Fsp3) is 0.391. The Bertz CT molecular complexity index is 1340. The van der Waals surface area contributed by atoms with Gasteiger partial charge in [0, 0.05) is 24.9 Å². The molecule has 0 bridgehead atoms. The van der Waals surface area contributed by atoms with Crippen molar-refractivity contribution < 1.29 is 31.1 Å². The summed E-state index contributed by atoms with van der Waals surface area (Å²) >= 11 is 18.0. The number of hydrogen-bond donors (Lipinski definition) is 0. The minimum Gasteiger partial charge on any atom is -0.356 e. The van der Waals surface area contributed by atoms with Gasteiger partial charge in [0.05, 0.1) is 28.2 Å². The van der Waals surface area contributed by atoms with Gasteiger partial charge in [0.25, 0.3) is 0 Å². The van der Waals surface area contributed by atoms with Crippen LogP contribution in [0.4, 0.5) is 13.2 Å². The Kier molecular flexibility index (Phi) is 7.40. The molecule has 2 aromatic carbocycles. The van der Waals surface area contributed by atoms with Gasteiger partial charge >= 0.3 is 6.18 Å². The predicted molar refractivity (Wildman–Crippen MR) is 132 cm³/mol. The van der Waals surface area contributed by atoms with Crippen LogP contribution in [0.15, 0.2) is 35.3 Å². The van der Waals surface area contributed by atoms with Crippen molar-refractivity contribution in [3.8, 4) is 0 Å². The average molecular weight is 584 g/mol. The van der Waals surface area contributed by atoms with Crippen molar-refractivity contribution in [3.63, 3.8) is 0 Å². The van der Waals surface area contributed by atoms with E-state index < -0.39 is 46.1 Å². The fourth-order valence-electron chi connectivity index (χ4n) is 4.29. The number of fused-ring (bicyclic) bond motifs is 1. The zero-order valence-electron chi connectivity index (χ0n) is 18.8. The monoisotopic (exact) mass is 582 g/mol. The molecule has 0 aliphatic carbocycles. The third-order valence-corrected chi connectivity index (χ3v) is 8.20. The normalized spacial score (nSPS) is 20.6. The number of carbonyl (C=O) groups excluding carboxylic acids is 1. The van der Waals surface area contributed by atoms with Gasteiger partial charge in [-0.3, -0.25) is 9.79 Å². The second-order valence-corrected chi connectivity index (χ2v) is 12.2. The van der Waals surface area contributed by atoms with Gasteiger partial charge < -0.3 is 9.64 Å². The summed E-state index contributed by atoms with van der Waals surface area (Å²) in [6.45, 7) is -0.424. The van der Waals surface area contributed by atoms with Gasteiger partial charge in [0.15, 0.2) is 9.84 Å². The van der Waals surface area contributed by atoms with Crippen molar-refractivity contribution >= 4 is 56.3 Å². The number of alkyl halides is 3. The summed E-state index contributed by atoms with van der Waals surface area (Å²) in [5.41, 5.74) is -0.316. The Morgan fingerprint density at radius 2 is 1.81 bits per heavy atom. The molecule has 2 aliphatic rings. The summed E-state index contributed by atoms with van der Waals surface area (Å²) in [4.78, 5) is 17.9. The smallest absolute Gasteiger partial charge is 0.356 e. The van der Waals surface area contributed by atoms with Crippen LogP contribution >= 0.6 is 34.8 Å². The number of benzene rings is 2. The van der Waals surface area contributed by atoms with E-state index in [0.29, 0.717) is 16.7 Å². The highest BCUT2D eigenvalue weighted by Crippen LogP contribution is 2.49. The Balaban J connectivity index is 1.62. The molecule has 194 valence electrons. The number of carbonyl (C=O) groups is 1. The minimum absolute atomic E-state index is 0.0200. The van der Waals surface area contributed by atoms with E-state index in [2.05, 4.69) is 4.99 Å². The van der Waals surface area contributed by atoms with Crippen LogP contribution < -0.4 is 0 Å². The van der Waals surface area contributed by atoms with Gasteiger partial charge in [-0.05, 0) is 40.5 Å². The summed E-state index contributed by atoms with van der Waals surface area (Å²) < 4.78 is 71.8. The van der Waals surface area contributed by atoms with E-state index in [9.17, 15) is 26.4 Å². The molecule has 4 rings (SSSR count). The predicted octanol–water partition coefficient (Wildman–Crippen LogP) is 5.20. The molecule has 0 radical (unpaired) electrons. The van der Waals surface area contributed by atoms with Gasteiger partial charge in [0.2, 0.25) is 5.91 Å². The van der Waals surface area contributed by atoms with Crippen LogP contribution in [0, 0.1) is 0 Å². The quantitative estimate of drug-likeness (QED) is 0.464. The van der Waals surface area contributed by atoms with E-state index in [1.165, 1.54) is 17.0 Å². The molecule has 0 saturated heterocycles. The van der Waals surface area contributed by atoms with Gasteiger partial charge in [0.1, 0.15) is 17.9 Å². The Hall–Kier alpha value is -1.85. The molecule has 6 nitrogen and oxygen atoms in total. The van der Waals surface area contributed by atoms with Crippen molar-refractivity contribution in [1.29, 1.82) is 0 Å². The molecular weight excluding hydrogens is 564 g/mol. The van der Waals surface area contributed by atoms with E-state index >= 15 is 0 Å². The van der Waals surface area contributed by atoms with E-state index in [1.54, 1.807) is 18.2 Å². The molecular formula is C23H20Cl3F3N2O4S. The van der Waals surface area contributed by atoms with Gasteiger partial charge in [-0.15, -0.1) is 0 Å². The lowest BCUT2D eigenvalue weighted by Gasteiger charge is -2.32. The van der Waals surface area contributed by atoms with Gasteiger partial charge in [-0.2, -0.15) is 13.2 Å². The Labute approximate surface area is 220 Å². The van der Waals surface area contributed by atoms with Crippen molar-refractivity contribution in [2.24, 2.45) is 4.99 Å². The molecule has 13 heteroatoms. The molecule has 0 fully saturated rings. The highest BCUT2D eigenvalue weighted by molar-refractivity contribution is 7.91. The lowest BCUT2D eigenvalue weighted by Crippen LogP contribution is -2.43. The summed E-state index contributed by atoms with van der Waals surface area (Å²) in [5.74, 6) is -1.23. The lowest BCUT2D eigenvalue weighted by atomic mass is 9.76. The molecule has 0 N–H and O–H groups in total. The van der Waals surface area contributed by atoms with E-state index in [0.717, 1.165) is 6.26 Å². The third-order valence-electron chi connectivity index (χ3n) is 6.23. The molecule has 1 amide bonds. The molecule has 0 saturated carbocycles. The van der Waals surface area contributed by atoms with Gasteiger partial charge in [-0.1, -0.05) is 46.9 Å². The number of rotatable bonds is 4. The van der Waals surface area contributed by atoms with E-state index in [1.807, 2.05) is 0 Å². The first kappa shape index (κ1) is 27.2. The lowest BCUT2D eigenvalue weighted by molar-refractivity contribution is -0.183. The maximum Gasteiger partial charge on any atom is 0.400 e. The first-order valence-electron chi connectivity index (χ1n) is 10.6. The molecule has 0 aromatic heterocycles. The van der Waals surface area contributed by atoms with Crippen molar-refractivity contribution in [3.05, 3.63) is 67.7 Å². The largest absolute Gasteiger partial charge is 0.400 e. The Morgan fingerprint density at radius 3 is 2.42 bits per heavy atom. The third kappa shape index (κ3) is 5.38. The maximum absolute atomic E-state index is 14.4. The van der Waals surface area contributed by atoms with Crippen LogP contribution in [-0.4, -0.2) is 56.4 Å². The fourth-order valence-corrected chi connectivity index (χ4v) is 5.51. The highest BCUT2D eigenvalue weighted by Gasteiger charge is 2.58. The second kappa shape index (κ2) is 9.79. The number of amides is 1. The van der Waals surface area contributed by atoms with Crippen LogP contribution in [-0.2, 0) is 37.9 Å². The number of ether oxygens (including phenoxy) is 1.